The van der Waals surface area contributed by atoms with Crippen LogP contribution in [0.25, 0.3) is 0 Å². The molecule has 3 atom stereocenters. The third kappa shape index (κ3) is 5.82. The van der Waals surface area contributed by atoms with E-state index in [1.165, 1.54) is 24.3 Å². The molecule has 0 saturated carbocycles. The van der Waals surface area contributed by atoms with Crippen LogP contribution in [0.2, 0.25) is 0 Å². The molecule has 0 radical (unpaired) electrons. The number of hydrogen-bond donors (Lipinski definition) is 2. The first-order valence-electron chi connectivity index (χ1n) is 10.4. The van der Waals surface area contributed by atoms with Crippen molar-refractivity contribution in [3.8, 4) is 0 Å². The van der Waals surface area contributed by atoms with E-state index in [4.69, 9.17) is 4.99 Å². The maximum atomic E-state index is 4.83. The summed E-state index contributed by atoms with van der Waals surface area (Å²) in [6.07, 6.45) is 6.36. The maximum Gasteiger partial charge on any atom is 0.191 e. The Morgan fingerprint density at radius 3 is 3.00 bits per heavy atom. The van der Waals surface area contributed by atoms with Gasteiger partial charge in [0.2, 0.25) is 0 Å². The number of aromatic nitrogens is 2. The van der Waals surface area contributed by atoms with Crippen molar-refractivity contribution < 1.29 is 0 Å². The molecule has 3 heterocycles. The van der Waals surface area contributed by atoms with Crippen molar-refractivity contribution >= 4 is 17.3 Å². The molecular weight excluding hydrogens is 368 g/mol. The van der Waals surface area contributed by atoms with Crippen molar-refractivity contribution in [1.29, 1.82) is 0 Å². The molecule has 1 saturated heterocycles. The molecule has 0 aromatic carbocycles. The summed E-state index contributed by atoms with van der Waals surface area (Å²) in [5.41, 5.74) is 0. The summed E-state index contributed by atoms with van der Waals surface area (Å²) in [6, 6.07) is 6.91. The number of rotatable bonds is 8. The highest BCUT2D eigenvalue weighted by Gasteiger charge is 2.31. The molecular formula is C21H34N6S. The second-order valence-corrected chi connectivity index (χ2v) is 8.76. The second-order valence-electron chi connectivity index (χ2n) is 7.78. The van der Waals surface area contributed by atoms with Gasteiger partial charge in [0, 0.05) is 49.5 Å². The lowest BCUT2D eigenvalue weighted by molar-refractivity contribution is 0.125. The lowest BCUT2D eigenvalue weighted by Crippen LogP contribution is -2.45. The van der Waals surface area contributed by atoms with Crippen LogP contribution in [0.4, 0.5) is 0 Å². The van der Waals surface area contributed by atoms with E-state index < -0.39 is 0 Å². The highest BCUT2D eigenvalue weighted by molar-refractivity contribution is 7.10. The van der Waals surface area contributed by atoms with E-state index in [9.17, 15) is 0 Å². The zero-order valence-corrected chi connectivity index (χ0v) is 18.2. The average Bonchev–Trinajstić information content (AvgIpc) is 3.38. The number of aliphatic imine (C=N–C) groups is 1. The molecule has 2 aromatic heterocycles. The monoisotopic (exact) mass is 402 g/mol. The van der Waals surface area contributed by atoms with Crippen LogP contribution < -0.4 is 10.6 Å². The van der Waals surface area contributed by atoms with Gasteiger partial charge in [-0.25, -0.2) is 0 Å². The van der Waals surface area contributed by atoms with Crippen molar-refractivity contribution in [2.45, 2.75) is 39.3 Å². The SMILES string of the molecule is CCNC(=NCC(C)Cn1cccn1)NCC1CCCN(C)C1c1cccs1. The number of thiophene rings is 1. The molecule has 7 heteroatoms. The van der Waals surface area contributed by atoms with Gasteiger partial charge in [-0.2, -0.15) is 5.10 Å². The van der Waals surface area contributed by atoms with Gasteiger partial charge >= 0.3 is 0 Å². The fourth-order valence-electron chi connectivity index (χ4n) is 3.98. The van der Waals surface area contributed by atoms with Gasteiger partial charge in [0.25, 0.3) is 0 Å². The Morgan fingerprint density at radius 2 is 2.29 bits per heavy atom. The van der Waals surface area contributed by atoms with Crippen molar-refractivity contribution in [3.05, 3.63) is 40.8 Å². The number of nitrogens with one attached hydrogen (secondary N) is 2. The van der Waals surface area contributed by atoms with Crippen molar-refractivity contribution in [2.75, 3.05) is 33.2 Å². The van der Waals surface area contributed by atoms with Crippen molar-refractivity contribution in [2.24, 2.45) is 16.8 Å². The molecule has 3 rings (SSSR count). The molecule has 0 bridgehead atoms. The van der Waals surface area contributed by atoms with Gasteiger partial charge in [0.15, 0.2) is 5.96 Å². The predicted molar refractivity (Wildman–Crippen MR) is 118 cm³/mol. The van der Waals surface area contributed by atoms with Crippen molar-refractivity contribution in [3.63, 3.8) is 0 Å². The Balaban J connectivity index is 1.56. The first-order valence-corrected chi connectivity index (χ1v) is 11.3. The zero-order chi connectivity index (χ0) is 19.8. The van der Waals surface area contributed by atoms with Crippen LogP contribution in [0.15, 0.2) is 41.0 Å². The third-order valence-electron chi connectivity index (χ3n) is 5.34. The van der Waals surface area contributed by atoms with Gasteiger partial charge < -0.3 is 10.6 Å². The minimum Gasteiger partial charge on any atom is -0.357 e. The van der Waals surface area contributed by atoms with Crippen molar-refractivity contribution in [1.82, 2.24) is 25.3 Å². The van der Waals surface area contributed by atoms with E-state index in [0.717, 1.165) is 32.1 Å². The molecule has 2 aromatic rings. The van der Waals surface area contributed by atoms with Crippen LogP contribution in [-0.4, -0.2) is 53.9 Å². The summed E-state index contributed by atoms with van der Waals surface area (Å²) in [5, 5.41) is 13.5. The first-order chi connectivity index (χ1) is 13.7. The Kier molecular flexibility index (Phi) is 7.91. The van der Waals surface area contributed by atoms with Crippen LogP contribution in [0.3, 0.4) is 0 Å². The normalized spacial score (nSPS) is 22.2. The number of piperidine rings is 1. The maximum absolute atomic E-state index is 4.83. The largest absolute Gasteiger partial charge is 0.357 e. The van der Waals surface area contributed by atoms with E-state index in [-0.39, 0.29) is 0 Å². The molecule has 1 aliphatic heterocycles. The first kappa shape index (κ1) is 20.9. The highest BCUT2D eigenvalue weighted by Crippen LogP contribution is 2.36. The van der Waals surface area contributed by atoms with Gasteiger partial charge in [0.05, 0.1) is 0 Å². The summed E-state index contributed by atoms with van der Waals surface area (Å²) in [6.45, 7) is 9.02. The van der Waals surface area contributed by atoms with E-state index >= 15 is 0 Å². The quantitative estimate of drug-likeness (QED) is 0.526. The van der Waals surface area contributed by atoms with E-state index in [2.05, 4.69) is 59.0 Å². The van der Waals surface area contributed by atoms with E-state index in [1.54, 1.807) is 0 Å². The van der Waals surface area contributed by atoms with Crippen LogP contribution in [0.1, 0.15) is 37.6 Å². The van der Waals surface area contributed by atoms with Gasteiger partial charge in [0.1, 0.15) is 0 Å². The number of hydrogen-bond acceptors (Lipinski definition) is 4. The fourth-order valence-corrected chi connectivity index (χ4v) is 4.97. The second kappa shape index (κ2) is 10.6. The van der Waals surface area contributed by atoms with E-state index in [0.29, 0.717) is 17.9 Å². The highest BCUT2D eigenvalue weighted by atomic mass is 32.1. The Hall–Kier alpha value is -1.86. The van der Waals surface area contributed by atoms with E-state index in [1.807, 2.05) is 34.5 Å². The molecule has 0 amide bonds. The minimum atomic E-state index is 0.440. The summed E-state index contributed by atoms with van der Waals surface area (Å²) < 4.78 is 1.98. The zero-order valence-electron chi connectivity index (χ0n) is 17.3. The Bertz CT molecular complexity index is 697. The minimum absolute atomic E-state index is 0.440. The number of nitrogens with zero attached hydrogens (tertiary/aromatic N) is 4. The molecule has 1 aliphatic rings. The van der Waals surface area contributed by atoms with Gasteiger partial charge in [-0.05, 0) is 62.7 Å². The topological polar surface area (TPSA) is 57.5 Å². The smallest absolute Gasteiger partial charge is 0.191 e. The molecule has 0 spiro atoms. The van der Waals surface area contributed by atoms with Gasteiger partial charge in [-0.3, -0.25) is 14.6 Å². The number of guanidine groups is 1. The molecule has 154 valence electrons. The molecule has 1 fully saturated rings. The average molecular weight is 403 g/mol. The molecule has 28 heavy (non-hydrogen) atoms. The standard InChI is InChI=1S/C21H34N6S/c1-4-22-21(23-14-17(2)16-27-12-7-10-25-27)24-15-18-8-5-11-26(3)20(18)19-9-6-13-28-19/h6-7,9-10,12-13,17-18,20H,4-5,8,11,14-16H2,1-3H3,(H2,22,23,24). The Morgan fingerprint density at radius 1 is 1.39 bits per heavy atom. The van der Waals surface area contributed by atoms with Gasteiger partial charge in [-0.15, -0.1) is 11.3 Å². The molecule has 3 unspecified atom stereocenters. The van der Waals surface area contributed by atoms with Crippen LogP contribution >= 0.6 is 11.3 Å². The summed E-state index contributed by atoms with van der Waals surface area (Å²) in [4.78, 5) is 8.81. The third-order valence-corrected chi connectivity index (χ3v) is 6.28. The molecule has 0 aliphatic carbocycles. The lowest BCUT2D eigenvalue weighted by atomic mass is 9.88. The van der Waals surface area contributed by atoms with Gasteiger partial charge in [-0.1, -0.05) is 13.0 Å². The molecule has 6 nitrogen and oxygen atoms in total. The fraction of sp³-hybridized carbons (Fsp3) is 0.619. The van der Waals surface area contributed by atoms with Crippen LogP contribution in [-0.2, 0) is 6.54 Å². The molecule has 2 N–H and O–H groups in total. The number of likely N-dealkylation sites (tertiary alicyclic amines) is 1. The van der Waals surface area contributed by atoms with Crippen LogP contribution in [0, 0.1) is 11.8 Å². The summed E-state index contributed by atoms with van der Waals surface area (Å²) in [7, 11) is 2.26. The Labute approximate surface area is 173 Å². The lowest BCUT2D eigenvalue weighted by Gasteiger charge is -2.39. The summed E-state index contributed by atoms with van der Waals surface area (Å²) >= 11 is 1.87. The summed E-state index contributed by atoms with van der Waals surface area (Å²) in [5.74, 6) is 1.96. The predicted octanol–water partition coefficient (Wildman–Crippen LogP) is 3.22. The van der Waals surface area contributed by atoms with Crippen LogP contribution in [0.5, 0.6) is 0 Å².